The highest BCUT2D eigenvalue weighted by molar-refractivity contribution is 9.10. The topological polar surface area (TPSA) is 60.2 Å². The van der Waals surface area contributed by atoms with Crippen molar-refractivity contribution in [2.45, 2.75) is 10.6 Å². The third-order valence-corrected chi connectivity index (χ3v) is 4.81. The van der Waals surface area contributed by atoms with Gasteiger partial charge in [-0.15, -0.1) is 0 Å². The fourth-order valence-electron chi connectivity index (χ4n) is 1.66. The summed E-state index contributed by atoms with van der Waals surface area (Å²) in [6, 6.07) is 10.0. The Bertz CT molecular complexity index is 699. The van der Waals surface area contributed by atoms with Gasteiger partial charge >= 0.3 is 0 Å². The van der Waals surface area contributed by atoms with E-state index in [4.69, 9.17) is 5.73 Å². The Morgan fingerprint density at radius 1 is 1.11 bits per heavy atom. The molecule has 0 atom stereocenters. The van der Waals surface area contributed by atoms with Crippen molar-refractivity contribution in [3.63, 3.8) is 0 Å². The first kappa shape index (κ1) is 14.0. The summed E-state index contributed by atoms with van der Waals surface area (Å²) in [7, 11) is -3.56. The Balaban J connectivity index is 2.37. The van der Waals surface area contributed by atoms with Crippen LogP contribution in [-0.2, 0) is 15.6 Å². The molecule has 6 heteroatoms. The standard InChI is InChI=1S/C13H11BrFNO2S/c14-10-3-6-12(16)13(7-10)19(17,18)8-9-1-4-11(15)5-2-9/h1-7H,8,16H2. The van der Waals surface area contributed by atoms with Gasteiger partial charge in [0.25, 0.3) is 0 Å². The molecular formula is C13H11BrFNO2S. The van der Waals surface area contributed by atoms with Crippen LogP contribution in [0, 0.1) is 5.82 Å². The molecule has 0 amide bonds. The Kier molecular flexibility index (Phi) is 3.91. The van der Waals surface area contributed by atoms with Crippen LogP contribution in [0.25, 0.3) is 0 Å². The Hall–Kier alpha value is -1.40. The molecule has 19 heavy (non-hydrogen) atoms. The number of rotatable bonds is 3. The van der Waals surface area contributed by atoms with E-state index in [1.807, 2.05) is 0 Å². The molecule has 0 saturated carbocycles. The Labute approximate surface area is 119 Å². The minimum absolute atomic E-state index is 0.0752. The first-order chi connectivity index (χ1) is 8.88. The van der Waals surface area contributed by atoms with Gasteiger partial charge in [0.2, 0.25) is 0 Å². The highest BCUT2D eigenvalue weighted by Gasteiger charge is 2.18. The lowest BCUT2D eigenvalue weighted by Crippen LogP contribution is -2.08. The lowest BCUT2D eigenvalue weighted by molar-refractivity contribution is 0.595. The van der Waals surface area contributed by atoms with Crippen molar-refractivity contribution in [2.24, 2.45) is 0 Å². The van der Waals surface area contributed by atoms with Crippen LogP contribution >= 0.6 is 15.9 Å². The number of nitrogen functional groups attached to an aromatic ring is 1. The molecule has 100 valence electrons. The molecule has 3 nitrogen and oxygen atoms in total. The molecule has 2 aromatic carbocycles. The average Bonchev–Trinajstić information content (AvgIpc) is 2.35. The van der Waals surface area contributed by atoms with Crippen LogP contribution in [-0.4, -0.2) is 8.42 Å². The maximum absolute atomic E-state index is 12.8. The smallest absolute Gasteiger partial charge is 0.184 e. The fourth-order valence-corrected chi connectivity index (χ4v) is 3.69. The van der Waals surface area contributed by atoms with E-state index in [0.29, 0.717) is 10.0 Å². The van der Waals surface area contributed by atoms with Crippen LogP contribution in [0.3, 0.4) is 0 Å². The van der Waals surface area contributed by atoms with Gasteiger partial charge < -0.3 is 5.73 Å². The van der Waals surface area contributed by atoms with Crippen LogP contribution in [0.1, 0.15) is 5.56 Å². The predicted molar refractivity (Wildman–Crippen MR) is 75.8 cm³/mol. The summed E-state index contributed by atoms with van der Waals surface area (Å²) in [5.41, 5.74) is 6.41. The Morgan fingerprint density at radius 3 is 2.37 bits per heavy atom. The van der Waals surface area contributed by atoms with Crippen LogP contribution in [0.15, 0.2) is 51.8 Å². The van der Waals surface area contributed by atoms with Crippen molar-refractivity contribution < 1.29 is 12.8 Å². The van der Waals surface area contributed by atoms with Gasteiger partial charge in [-0.05, 0) is 35.9 Å². The molecule has 0 radical (unpaired) electrons. The number of anilines is 1. The van der Waals surface area contributed by atoms with Gasteiger partial charge in [-0.25, -0.2) is 12.8 Å². The maximum Gasteiger partial charge on any atom is 0.184 e. The molecule has 2 aromatic rings. The third-order valence-electron chi connectivity index (χ3n) is 2.58. The summed E-state index contributed by atoms with van der Waals surface area (Å²) in [4.78, 5) is 0.0752. The molecule has 2 N–H and O–H groups in total. The monoisotopic (exact) mass is 343 g/mol. The summed E-state index contributed by atoms with van der Waals surface area (Å²) in [5.74, 6) is -0.614. The number of nitrogens with two attached hydrogens (primary N) is 1. The summed E-state index contributed by atoms with van der Waals surface area (Å²) < 4.78 is 38.0. The fraction of sp³-hybridized carbons (Fsp3) is 0.0769. The summed E-state index contributed by atoms with van der Waals surface area (Å²) in [6.07, 6.45) is 0. The first-order valence-electron chi connectivity index (χ1n) is 5.41. The number of hydrogen-bond donors (Lipinski definition) is 1. The summed E-state index contributed by atoms with van der Waals surface area (Å²) >= 11 is 3.21. The minimum atomic E-state index is -3.56. The van der Waals surface area contributed by atoms with Gasteiger partial charge in [0.1, 0.15) is 5.82 Å². The Morgan fingerprint density at radius 2 is 1.74 bits per heavy atom. The highest BCUT2D eigenvalue weighted by Crippen LogP contribution is 2.26. The minimum Gasteiger partial charge on any atom is -0.398 e. The third kappa shape index (κ3) is 3.33. The lowest BCUT2D eigenvalue weighted by Gasteiger charge is -2.08. The average molecular weight is 344 g/mol. The van der Waals surface area contributed by atoms with E-state index in [0.717, 1.165) is 0 Å². The zero-order valence-electron chi connectivity index (χ0n) is 9.81. The quantitative estimate of drug-likeness (QED) is 0.871. The largest absolute Gasteiger partial charge is 0.398 e. The molecule has 2 rings (SSSR count). The number of hydrogen-bond acceptors (Lipinski definition) is 3. The molecule has 0 aliphatic rings. The van der Waals surface area contributed by atoms with Crippen LogP contribution in [0.2, 0.25) is 0 Å². The van der Waals surface area contributed by atoms with Crippen LogP contribution < -0.4 is 5.73 Å². The predicted octanol–water partition coefficient (Wildman–Crippen LogP) is 3.14. The number of benzene rings is 2. The second kappa shape index (κ2) is 5.30. The van der Waals surface area contributed by atoms with E-state index in [9.17, 15) is 12.8 Å². The van der Waals surface area contributed by atoms with Crippen LogP contribution in [0.4, 0.5) is 10.1 Å². The van der Waals surface area contributed by atoms with Gasteiger partial charge in [0.15, 0.2) is 9.84 Å². The van der Waals surface area contributed by atoms with E-state index in [-0.39, 0.29) is 16.3 Å². The van der Waals surface area contributed by atoms with E-state index < -0.39 is 15.7 Å². The highest BCUT2D eigenvalue weighted by atomic mass is 79.9. The van der Waals surface area contributed by atoms with Gasteiger partial charge in [-0.1, -0.05) is 28.1 Å². The SMILES string of the molecule is Nc1ccc(Br)cc1S(=O)(=O)Cc1ccc(F)cc1. The zero-order chi connectivity index (χ0) is 14.0. The van der Waals surface area contributed by atoms with Crippen molar-refractivity contribution in [1.82, 2.24) is 0 Å². The summed E-state index contributed by atoms with van der Waals surface area (Å²) in [5, 5.41) is 0. The number of sulfone groups is 1. The van der Waals surface area contributed by atoms with Crippen LogP contribution in [0.5, 0.6) is 0 Å². The molecule has 0 bridgehead atoms. The van der Waals surface area contributed by atoms with E-state index in [2.05, 4.69) is 15.9 Å². The lowest BCUT2D eigenvalue weighted by atomic mass is 10.2. The molecular weight excluding hydrogens is 333 g/mol. The van der Waals surface area contributed by atoms with Gasteiger partial charge in [0.05, 0.1) is 16.3 Å². The van der Waals surface area contributed by atoms with Crippen molar-refractivity contribution in [1.29, 1.82) is 0 Å². The molecule has 0 saturated heterocycles. The van der Waals surface area contributed by atoms with Gasteiger partial charge in [-0.2, -0.15) is 0 Å². The van der Waals surface area contributed by atoms with Crippen molar-refractivity contribution >= 4 is 31.5 Å². The van der Waals surface area contributed by atoms with E-state index in [1.165, 1.54) is 36.4 Å². The molecule has 0 aromatic heterocycles. The van der Waals surface area contributed by atoms with E-state index in [1.54, 1.807) is 6.07 Å². The number of halogens is 2. The van der Waals surface area contributed by atoms with E-state index >= 15 is 0 Å². The molecule has 0 unspecified atom stereocenters. The molecule has 0 heterocycles. The molecule has 0 aliphatic heterocycles. The second-order valence-electron chi connectivity index (χ2n) is 4.07. The van der Waals surface area contributed by atoms with Crippen molar-refractivity contribution in [3.05, 3.63) is 58.3 Å². The van der Waals surface area contributed by atoms with Crippen molar-refractivity contribution in [2.75, 3.05) is 5.73 Å². The van der Waals surface area contributed by atoms with Gasteiger partial charge in [-0.3, -0.25) is 0 Å². The van der Waals surface area contributed by atoms with Gasteiger partial charge in [0, 0.05) is 4.47 Å². The summed E-state index contributed by atoms with van der Waals surface area (Å²) in [6.45, 7) is 0. The molecule has 0 aliphatic carbocycles. The van der Waals surface area contributed by atoms with Crippen molar-refractivity contribution in [3.8, 4) is 0 Å². The second-order valence-corrected chi connectivity index (χ2v) is 6.94. The normalized spacial score (nSPS) is 11.5. The molecule has 0 spiro atoms. The first-order valence-corrected chi connectivity index (χ1v) is 7.85. The molecule has 0 fully saturated rings. The zero-order valence-corrected chi connectivity index (χ0v) is 12.2. The maximum atomic E-state index is 12.8.